The quantitative estimate of drug-likeness (QED) is 0.848. The second-order valence-electron chi connectivity index (χ2n) is 4.91. The summed E-state index contributed by atoms with van der Waals surface area (Å²) in [5.74, 6) is 0.216. The first-order valence-corrected chi connectivity index (χ1v) is 6.80. The molecule has 19 heavy (non-hydrogen) atoms. The lowest BCUT2D eigenvalue weighted by atomic mass is 10.2. The number of benzene rings is 1. The summed E-state index contributed by atoms with van der Waals surface area (Å²) in [4.78, 5) is 16.5. The van der Waals surface area contributed by atoms with Crippen molar-refractivity contribution in [1.82, 2.24) is 4.90 Å². The second kappa shape index (κ2) is 7.51. The van der Waals surface area contributed by atoms with Gasteiger partial charge >= 0.3 is 0 Å². The van der Waals surface area contributed by atoms with Gasteiger partial charge < -0.3 is 4.90 Å². The fourth-order valence-electron chi connectivity index (χ4n) is 2.56. The van der Waals surface area contributed by atoms with E-state index in [1.807, 2.05) is 30.0 Å². The monoisotopic (exact) mass is 282 g/mol. The molecule has 1 aromatic rings. The number of hydrogen-bond acceptors (Lipinski definition) is 2. The number of nitrogens with zero attached hydrogens (tertiary/aromatic N) is 2. The highest BCUT2D eigenvalue weighted by Gasteiger charge is 2.20. The Bertz CT molecular complexity index is 416. The lowest BCUT2D eigenvalue weighted by Gasteiger charge is -2.25. The average molecular weight is 283 g/mol. The summed E-state index contributed by atoms with van der Waals surface area (Å²) in [6.45, 7) is 7.52. The first kappa shape index (κ1) is 16.0. The molecule has 1 aliphatic rings. The number of rotatable bonds is 4. The van der Waals surface area contributed by atoms with Crippen LogP contribution in [0.2, 0.25) is 0 Å². The van der Waals surface area contributed by atoms with Gasteiger partial charge in [-0.15, -0.1) is 12.4 Å². The van der Waals surface area contributed by atoms with E-state index in [2.05, 4.69) is 17.9 Å². The maximum atomic E-state index is 12.4. The van der Waals surface area contributed by atoms with Crippen LogP contribution in [0, 0.1) is 6.92 Å². The smallest absolute Gasteiger partial charge is 0.241 e. The Morgan fingerprint density at radius 3 is 2.47 bits per heavy atom. The molecule has 0 N–H and O–H groups in total. The molecule has 4 heteroatoms. The van der Waals surface area contributed by atoms with Gasteiger partial charge in [0.2, 0.25) is 5.91 Å². The lowest BCUT2D eigenvalue weighted by molar-refractivity contribution is -0.119. The molecule has 0 unspecified atom stereocenters. The van der Waals surface area contributed by atoms with Gasteiger partial charge in [-0.05, 0) is 51.4 Å². The van der Waals surface area contributed by atoms with E-state index in [1.54, 1.807) is 0 Å². The number of aryl methyl sites for hydroxylation is 1. The number of carbonyl (C=O) groups excluding carboxylic acids is 1. The molecular weight excluding hydrogens is 260 g/mol. The van der Waals surface area contributed by atoms with Crippen molar-refractivity contribution in [3.05, 3.63) is 29.8 Å². The van der Waals surface area contributed by atoms with Gasteiger partial charge in [-0.2, -0.15) is 0 Å². The summed E-state index contributed by atoms with van der Waals surface area (Å²) >= 11 is 0. The highest BCUT2D eigenvalue weighted by atomic mass is 35.5. The molecule has 0 aliphatic carbocycles. The third kappa shape index (κ3) is 3.95. The van der Waals surface area contributed by atoms with Gasteiger partial charge in [-0.25, -0.2) is 0 Å². The number of amides is 1. The Morgan fingerprint density at radius 2 is 1.89 bits per heavy atom. The average Bonchev–Trinajstić information content (AvgIpc) is 2.85. The van der Waals surface area contributed by atoms with E-state index < -0.39 is 0 Å². The molecule has 1 fully saturated rings. The third-order valence-electron chi connectivity index (χ3n) is 3.58. The van der Waals surface area contributed by atoms with Crippen LogP contribution in [0.15, 0.2) is 24.3 Å². The van der Waals surface area contributed by atoms with E-state index in [0.717, 1.165) is 30.9 Å². The van der Waals surface area contributed by atoms with Crippen LogP contribution in [0.1, 0.15) is 25.3 Å². The molecular formula is C15H23ClN2O. The minimum Gasteiger partial charge on any atom is -0.311 e. The fraction of sp³-hybridized carbons (Fsp3) is 0.533. The summed E-state index contributed by atoms with van der Waals surface area (Å²) in [6, 6.07) is 8.09. The normalized spacial score (nSPS) is 15.1. The number of likely N-dealkylation sites (N-methyl/N-ethyl adjacent to an activating group) is 1. The molecule has 1 heterocycles. The highest BCUT2D eigenvalue weighted by molar-refractivity contribution is 5.95. The second-order valence-corrected chi connectivity index (χ2v) is 4.91. The zero-order chi connectivity index (χ0) is 13.0. The Hall–Kier alpha value is -1.06. The van der Waals surface area contributed by atoms with Crippen LogP contribution in [0.5, 0.6) is 0 Å². The molecule has 0 radical (unpaired) electrons. The Morgan fingerprint density at radius 1 is 1.26 bits per heavy atom. The van der Waals surface area contributed by atoms with Gasteiger partial charge in [0.1, 0.15) is 0 Å². The molecule has 0 saturated carbocycles. The van der Waals surface area contributed by atoms with Crippen LogP contribution in [-0.2, 0) is 4.79 Å². The summed E-state index contributed by atoms with van der Waals surface area (Å²) in [5.41, 5.74) is 2.21. The van der Waals surface area contributed by atoms with Crippen molar-refractivity contribution in [2.75, 3.05) is 31.1 Å². The van der Waals surface area contributed by atoms with Gasteiger partial charge in [0.25, 0.3) is 0 Å². The largest absolute Gasteiger partial charge is 0.311 e. The molecule has 0 atom stereocenters. The van der Waals surface area contributed by atoms with E-state index in [1.165, 1.54) is 12.8 Å². The molecule has 1 aliphatic heterocycles. The SMILES string of the molecule is CCN(C(=O)CN1CCCC1)c1ccccc1C.Cl. The van der Waals surface area contributed by atoms with Crippen LogP contribution in [0.25, 0.3) is 0 Å². The van der Waals surface area contributed by atoms with Crippen molar-refractivity contribution in [3.63, 3.8) is 0 Å². The summed E-state index contributed by atoms with van der Waals surface area (Å²) in [5, 5.41) is 0. The van der Waals surface area contributed by atoms with E-state index in [0.29, 0.717) is 6.54 Å². The van der Waals surface area contributed by atoms with Gasteiger partial charge in [-0.3, -0.25) is 9.69 Å². The van der Waals surface area contributed by atoms with E-state index in [4.69, 9.17) is 0 Å². The number of hydrogen-bond donors (Lipinski definition) is 0. The van der Waals surface area contributed by atoms with Gasteiger partial charge in [0.15, 0.2) is 0 Å². The highest BCUT2D eigenvalue weighted by Crippen LogP contribution is 2.20. The molecule has 0 spiro atoms. The van der Waals surface area contributed by atoms with Crippen molar-refractivity contribution in [2.45, 2.75) is 26.7 Å². The zero-order valence-electron chi connectivity index (χ0n) is 11.8. The molecule has 1 saturated heterocycles. The van der Waals surface area contributed by atoms with Crippen molar-refractivity contribution in [1.29, 1.82) is 0 Å². The minimum atomic E-state index is 0. The lowest BCUT2D eigenvalue weighted by Crippen LogP contribution is -2.39. The number of anilines is 1. The van der Waals surface area contributed by atoms with Crippen LogP contribution >= 0.6 is 12.4 Å². The summed E-state index contributed by atoms with van der Waals surface area (Å²) in [7, 11) is 0. The van der Waals surface area contributed by atoms with Crippen LogP contribution < -0.4 is 4.90 Å². The first-order valence-electron chi connectivity index (χ1n) is 6.80. The van der Waals surface area contributed by atoms with Gasteiger partial charge in [0.05, 0.1) is 6.54 Å². The topological polar surface area (TPSA) is 23.6 Å². The maximum absolute atomic E-state index is 12.4. The zero-order valence-corrected chi connectivity index (χ0v) is 12.6. The maximum Gasteiger partial charge on any atom is 0.241 e. The number of carbonyl (C=O) groups is 1. The van der Waals surface area contributed by atoms with Crippen LogP contribution in [0.3, 0.4) is 0 Å². The molecule has 2 rings (SSSR count). The fourth-order valence-corrected chi connectivity index (χ4v) is 2.56. The predicted octanol–water partition coefficient (Wildman–Crippen LogP) is 2.87. The van der Waals surface area contributed by atoms with E-state index in [9.17, 15) is 4.79 Å². The van der Waals surface area contributed by atoms with Crippen LogP contribution in [0.4, 0.5) is 5.69 Å². The summed E-state index contributed by atoms with van der Waals surface area (Å²) in [6.07, 6.45) is 2.45. The minimum absolute atomic E-state index is 0. The molecule has 1 aromatic carbocycles. The predicted molar refractivity (Wildman–Crippen MR) is 82.1 cm³/mol. The Labute approximate surface area is 122 Å². The molecule has 1 amide bonds. The Balaban J connectivity index is 0.00000180. The van der Waals surface area contributed by atoms with E-state index >= 15 is 0 Å². The number of para-hydroxylation sites is 1. The standard InChI is InChI=1S/C15H22N2O.ClH/c1-3-17(14-9-5-4-8-13(14)2)15(18)12-16-10-6-7-11-16;/h4-5,8-9H,3,6-7,10-12H2,1-2H3;1H. The third-order valence-corrected chi connectivity index (χ3v) is 3.58. The van der Waals surface area contributed by atoms with Gasteiger partial charge in [-0.1, -0.05) is 18.2 Å². The Kier molecular flexibility index (Phi) is 6.32. The summed E-state index contributed by atoms with van der Waals surface area (Å²) < 4.78 is 0. The molecule has 0 bridgehead atoms. The van der Waals surface area contributed by atoms with Crippen molar-refractivity contribution in [2.24, 2.45) is 0 Å². The first-order chi connectivity index (χ1) is 8.72. The molecule has 0 aromatic heterocycles. The number of halogens is 1. The van der Waals surface area contributed by atoms with Crippen LogP contribution in [-0.4, -0.2) is 37.0 Å². The molecule has 3 nitrogen and oxygen atoms in total. The van der Waals surface area contributed by atoms with Crippen molar-refractivity contribution >= 4 is 24.0 Å². The van der Waals surface area contributed by atoms with Crippen molar-refractivity contribution < 1.29 is 4.79 Å². The van der Waals surface area contributed by atoms with E-state index in [-0.39, 0.29) is 18.3 Å². The van der Waals surface area contributed by atoms with Crippen molar-refractivity contribution in [3.8, 4) is 0 Å². The molecule has 106 valence electrons. The van der Waals surface area contributed by atoms with Gasteiger partial charge in [0, 0.05) is 12.2 Å². The number of likely N-dealkylation sites (tertiary alicyclic amines) is 1.